The van der Waals surface area contributed by atoms with Crippen LogP contribution < -0.4 is 5.73 Å². The quantitative estimate of drug-likeness (QED) is 0.522. The van der Waals surface area contributed by atoms with Crippen LogP contribution in [-0.2, 0) is 12.8 Å². The average molecular weight is 375 g/mol. The first kappa shape index (κ1) is 17.3. The zero-order valence-electron chi connectivity index (χ0n) is 13.3. The number of carboxylic acid groups (broad SMARTS) is 1. The van der Waals surface area contributed by atoms with Crippen LogP contribution in [0.15, 0.2) is 47.6 Å². The highest BCUT2D eigenvalue weighted by Crippen LogP contribution is 2.30. The lowest BCUT2D eigenvalue weighted by Gasteiger charge is -2.08. The fourth-order valence-electron chi connectivity index (χ4n) is 2.37. The second kappa shape index (κ2) is 7.16. The number of benzene rings is 2. The van der Waals surface area contributed by atoms with Gasteiger partial charge in [0.2, 0.25) is 0 Å². The molecule has 3 N–H and O–H groups in total. The lowest BCUT2D eigenvalue weighted by molar-refractivity contribution is 0.0696. The largest absolute Gasteiger partial charge is 0.478 e. The molecule has 0 saturated heterocycles. The maximum atomic E-state index is 11.4. The van der Waals surface area contributed by atoms with Crippen molar-refractivity contribution in [2.45, 2.75) is 10.9 Å². The van der Waals surface area contributed by atoms with Gasteiger partial charge in [0, 0.05) is 29.1 Å². The van der Waals surface area contributed by atoms with Crippen LogP contribution in [0.1, 0.15) is 15.9 Å². The van der Waals surface area contributed by atoms with Gasteiger partial charge >= 0.3 is 5.97 Å². The van der Waals surface area contributed by atoms with Gasteiger partial charge in [-0.1, -0.05) is 29.4 Å². The Bertz CT molecular complexity index is 925. The summed E-state index contributed by atoms with van der Waals surface area (Å²) in [7, 11) is 1.86. The summed E-state index contributed by atoms with van der Waals surface area (Å²) in [6.07, 6.45) is 0. The predicted molar refractivity (Wildman–Crippen MR) is 98.8 cm³/mol. The van der Waals surface area contributed by atoms with Gasteiger partial charge in [0.15, 0.2) is 11.0 Å². The molecular formula is C17H15ClN4O2S. The van der Waals surface area contributed by atoms with Crippen molar-refractivity contribution in [3.05, 3.63) is 58.6 Å². The maximum Gasteiger partial charge on any atom is 0.336 e. The summed E-state index contributed by atoms with van der Waals surface area (Å²) in [5.41, 5.74) is 8.05. The molecule has 0 aliphatic heterocycles. The number of hydrogen-bond donors (Lipinski definition) is 2. The molecule has 8 heteroatoms. The van der Waals surface area contributed by atoms with Gasteiger partial charge in [0.1, 0.15) is 0 Å². The molecule has 0 spiro atoms. The molecule has 0 fully saturated rings. The predicted octanol–water partition coefficient (Wildman–Crippen LogP) is 3.71. The van der Waals surface area contributed by atoms with Crippen LogP contribution in [0.5, 0.6) is 0 Å². The number of anilines is 1. The van der Waals surface area contributed by atoms with E-state index in [9.17, 15) is 9.90 Å². The maximum absolute atomic E-state index is 11.4. The van der Waals surface area contributed by atoms with E-state index in [1.54, 1.807) is 30.3 Å². The number of nitrogen functional groups attached to an aromatic ring is 1. The monoisotopic (exact) mass is 374 g/mol. The molecule has 3 aromatic rings. The fourth-order valence-corrected chi connectivity index (χ4v) is 3.65. The van der Waals surface area contributed by atoms with Gasteiger partial charge in [-0.2, -0.15) is 0 Å². The molecule has 3 rings (SSSR count). The first-order valence-electron chi connectivity index (χ1n) is 7.36. The lowest BCUT2D eigenvalue weighted by Crippen LogP contribution is -2.02. The molecule has 1 heterocycles. The van der Waals surface area contributed by atoms with Crippen molar-refractivity contribution in [2.75, 3.05) is 5.73 Å². The van der Waals surface area contributed by atoms with Crippen LogP contribution >= 0.6 is 23.4 Å². The van der Waals surface area contributed by atoms with Crippen LogP contribution in [0, 0.1) is 0 Å². The second-order valence-corrected chi connectivity index (χ2v) is 6.70. The molecule has 128 valence electrons. The second-order valence-electron chi connectivity index (χ2n) is 5.35. The summed E-state index contributed by atoms with van der Waals surface area (Å²) < 4.78 is 1.85. The number of aromatic carboxylic acids is 1. The Morgan fingerprint density at radius 3 is 2.64 bits per heavy atom. The first-order chi connectivity index (χ1) is 12.0. The number of halogens is 1. The van der Waals surface area contributed by atoms with Gasteiger partial charge in [0.05, 0.1) is 5.56 Å². The van der Waals surface area contributed by atoms with Crippen molar-refractivity contribution in [2.24, 2.45) is 7.05 Å². The number of nitrogens with zero attached hydrogens (tertiary/aromatic N) is 3. The third-order valence-electron chi connectivity index (χ3n) is 3.70. The zero-order valence-corrected chi connectivity index (χ0v) is 14.9. The summed E-state index contributed by atoms with van der Waals surface area (Å²) in [6, 6.07) is 12.2. The molecule has 0 bridgehead atoms. The zero-order chi connectivity index (χ0) is 18.0. The van der Waals surface area contributed by atoms with Gasteiger partial charge in [-0.05, 0) is 42.0 Å². The molecule has 25 heavy (non-hydrogen) atoms. The van der Waals surface area contributed by atoms with Crippen LogP contribution in [0.3, 0.4) is 0 Å². The molecule has 1 aromatic heterocycles. The van der Waals surface area contributed by atoms with Crippen LogP contribution in [0.25, 0.3) is 11.4 Å². The molecule has 0 unspecified atom stereocenters. The van der Waals surface area contributed by atoms with E-state index < -0.39 is 5.97 Å². The number of nitrogens with two attached hydrogens (primary N) is 1. The molecule has 0 aliphatic carbocycles. The SMILES string of the molecule is Cn1c(SCc2c(Cl)cccc2C(=O)O)nnc1-c1ccc(N)cc1. The molecule has 0 amide bonds. The standard InChI is InChI=1S/C17H15ClN4O2S/c1-22-15(10-5-7-11(19)8-6-10)20-21-17(22)25-9-13-12(16(23)24)3-2-4-14(13)18/h2-8H,9,19H2,1H3,(H,23,24). The number of carboxylic acids is 1. The summed E-state index contributed by atoms with van der Waals surface area (Å²) in [5.74, 6) is 0.0911. The van der Waals surface area contributed by atoms with Gasteiger partial charge in [0.25, 0.3) is 0 Å². The molecule has 6 nitrogen and oxygen atoms in total. The third-order valence-corrected chi connectivity index (χ3v) is 5.10. The number of hydrogen-bond acceptors (Lipinski definition) is 5. The summed E-state index contributed by atoms with van der Waals surface area (Å²) in [6.45, 7) is 0. The molecule has 0 aliphatic rings. The molecule has 0 atom stereocenters. The van der Waals surface area contributed by atoms with E-state index in [1.807, 2.05) is 23.7 Å². The Hall–Kier alpha value is -2.51. The number of carbonyl (C=O) groups is 1. The minimum absolute atomic E-state index is 0.195. The minimum atomic E-state index is -1.00. The van der Waals surface area contributed by atoms with Gasteiger partial charge < -0.3 is 15.4 Å². The van der Waals surface area contributed by atoms with E-state index in [-0.39, 0.29) is 5.56 Å². The number of aromatic nitrogens is 3. The minimum Gasteiger partial charge on any atom is -0.478 e. The third kappa shape index (κ3) is 3.62. The van der Waals surface area contributed by atoms with Crippen molar-refractivity contribution in [3.63, 3.8) is 0 Å². The summed E-state index contributed by atoms with van der Waals surface area (Å²) in [4.78, 5) is 11.4. The Morgan fingerprint density at radius 1 is 1.24 bits per heavy atom. The topological polar surface area (TPSA) is 94.0 Å². The Balaban J connectivity index is 1.84. The van der Waals surface area contributed by atoms with E-state index in [1.165, 1.54) is 11.8 Å². The average Bonchev–Trinajstić information content (AvgIpc) is 2.95. The van der Waals surface area contributed by atoms with Crippen LogP contribution in [-0.4, -0.2) is 25.8 Å². The summed E-state index contributed by atoms with van der Waals surface area (Å²) >= 11 is 7.55. The molecule has 2 aromatic carbocycles. The molecule has 0 saturated carbocycles. The van der Waals surface area contributed by atoms with Gasteiger partial charge in [-0.3, -0.25) is 0 Å². The first-order valence-corrected chi connectivity index (χ1v) is 8.72. The van der Waals surface area contributed by atoms with Crippen molar-refractivity contribution in [3.8, 4) is 11.4 Å². The van der Waals surface area contributed by atoms with Crippen molar-refractivity contribution in [1.82, 2.24) is 14.8 Å². The van der Waals surface area contributed by atoms with E-state index in [0.717, 1.165) is 5.56 Å². The van der Waals surface area contributed by atoms with Gasteiger partial charge in [-0.15, -0.1) is 10.2 Å². The van der Waals surface area contributed by atoms with E-state index >= 15 is 0 Å². The highest BCUT2D eigenvalue weighted by atomic mass is 35.5. The highest BCUT2D eigenvalue weighted by Gasteiger charge is 2.16. The van der Waals surface area contributed by atoms with E-state index in [0.29, 0.717) is 33.0 Å². The number of thioether (sulfide) groups is 1. The summed E-state index contributed by atoms with van der Waals surface area (Å²) in [5, 5.41) is 18.8. The normalized spacial score (nSPS) is 10.8. The Morgan fingerprint density at radius 2 is 1.96 bits per heavy atom. The lowest BCUT2D eigenvalue weighted by atomic mass is 10.1. The molecule has 0 radical (unpaired) electrons. The number of rotatable bonds is 5. The van der Waals surface area contributed by atoms with Crippen molar-refractivity contribution in [1.29, 1.82) is 0 Å². The smallest absolute Gasteiger partial charge is 0.336 e. The Kier molecular flexibility index (Phi) is 4.96. The van der Waals surface area contributed by atoms with Crippen molar-refractivity contribution >= 4 is 35.0 Å². The van der Waals surface area contributed by atoms with Crippen LogP contribution in [0.2, 0.25) is 5.02 Å². The highest BCUT2D eigenvalue weighted by molar-refractivity contribution is 7.98. The Labute approximate surface area is 153 Å². The fraction of sp³-hybridized carbons (Fsp3) is 0.118. The van der Waals surface area contributed by atoms with E-state index in [2.05, 4.69) is 10.2 Å². The van der Waals surface area contributed by atoms with Crippen molar-refractivity contribution < 1.29 is 9.90 Å². The van der Waals surface area contributed by atoms with Gasteiger partial charge in [-0.25, -0.2) is 4.79 Å². The van der Waals surface area contributed by atoms with E-state index in [4.69, 9.17) is 17.3 Å². The van der Waals surface area contributed by atoms with Crippen LogP contribution in [0.4, 0.5) is 5.69 Å². The molecular weight excluding hydrogens is 360 g/mol.